The Morgan fingerprint density at radius 1 is 1.00 bits per heavy atom. The van der Waals surface area contributed by atoms with Crippen molar-refractivity contribution in [1.82, 2.24) is 9.97 Å². The van der Waals surface area contributed by atoms with Crippen molar-refractivity contribution in [2.75, 3.05) is 7.11 Å². The molecule has 0 amide bonds. The van der Waals surface area contributed by atoms with Gasteiger partial charge in [0.2, 0.25) is 5.82 Å². The van der Waals surface area contributed by atoms with Gasteiger partial charge in [0.1, 0.15) is 18.0 Å². The molecule has 0 spiro atoms. The molecule has 1 heterocycles. The van der Waals surface area contributed by atoms with Crippen LogP contribution in [-0.2, 0) is 6.61 Å². The molecule has 0 saturated heterocycles. The molecule has 0 saturated carbocycles. The molecule has 0 atom stereocenters. The summed E-state index contributed by atoms with van der Waals surface area (Å²) < 4.78 is 39.5. The largest absolute Gasteiger partial charge is 0.497 e. The zero-order valence-corrected chi connectivity index (χ0v) is 16.7. The van der Waals surface area contributed by atoms with Gasteiger partial charge >= 0.3 is 0 Å². The van der Waals surface area contributed by atoms with E-state index in [2.05, 4.69) is 21.8 Å². The van der Waals surface area contributed by atoms with Crippen LogP contribution in [0, 0.1) is 23.5 Å². The predicted octanol–water partition coefficient (Wildman–Crippen LogP) is 4.13. The lowest BCUT2D eigenvalue weighted by Crippen LogP contribution is -2.14. The monoisotopic (exact) mass is 410 g/mol. The summed E-state index contributed by atoms with van der Waals surface area (Å²) in [4.78, 5) is 8.07. The second-order valence-corrected chi connectivity index (χ2v) is 6.98. The van der Waals surface area contributed by atoms with E-state index in [1.54, 1.807) is 45.2 Å². The molecule has 2 aromatic carbocycles. The van der Waals surface area contributed by atoms with E-state index in [0.29, 0.717) is 11.3 Å². The number of aliphatic hydroxyl groups is 1. The summed E-state index contributed by atoms with van der Waals surface area (Å²) in [6.07, 6.45) is 2.76. The highest BCUT2D eigenvalue weighted by atomic mass is 19.2. The van der Waals surface area contributed by atoms with Crippen LogP contribution in [0.25, 0.3) is 11.4 Å². The van der Waals surface area contributed by atoms with Crippen molar-refractivity contribution < 1.29 is 23.4 Å². The van der Waals surface area contributed by atoms with E-state index in [1.165, 1.54) is 24.5 Å². The first kappa shape index (κ1) is 21.2. The Balaban J connectivity index is 1.76. The van der Waals surface area contributed by atoms with Crippen LogP contribution >= 0.6 is 0 Å². The molecule has 3 rings (SSSR count). The van der Waals surface area contributed by atoms with Gasteiger partial charge in [-0.25, -0.2) is 14.4 Å². The summed E-state index contributed by atoms with van der Waals surface area (Å²) in [5.74, 6) is 3.63. The molecule has 7 heteroatoms. The van der Waals surface area contributed by atoms with Crippen molar-refractivity contribution in [2.24, 2.45) is 0 Å². The Morgan fingerprint density at radius 3 is 2.27 bits per heavy atom. The van der Waals surface area contributed by atoms with Crippen LogP contribution in [0.15, 0.2) is 48.8 Å². The summed E-state index contributed by atoms with van der Waals surface area (Å²) in [6.45, 7) is 3.17. The Labute approximate surface area is 173 Å². The molecule has 1 N–H and O–H groups in total. The van der Waals surface area contributed by atoms with Crippen LogP contribution in [-0.4, -0.2) is 27.8 Å². The Kier molecular flexibility index (Phi) is 6.28. The number of hydrogen-bond acceptors (Lipinski definition) is 5. The molecule has 0 fully saturated rings. The smallest absolute Gasteiger partial charge is 0.201 e. The molecule has 0 aliphatic rings. The van der Waals surface area contributed by atoms with Crippen LogP contribution in [0.3, 0.4) is 0 Å². The fourth-order valence-corrected chi connectivity index (χ4v) is 2.46. The van der Waals surface area contributed by atoms with Crippen LogP contribution < -0.4 is 9.47 Å². The molecule has 0 unspecified atom stereocenters. The third-order valence-electron chi connectivity index (χ3n) is 4.01. The number of nitrogens with zero attached hydrogens (tertiary/aromatic N) is 2. The number of halogens is 2. The predicted molar refractivity (Wildman–Crippen MR) is 108 cm³/mol. The number of benzene rings is 2. The summed E-state index contributed by atoms with van der Waals surface area (Å²) in [7, 11) is 1.56. The van der Waals surface area contributed by atoms with E-state index in [0.717, 1.165) is 5.56 Å². The van der Waals surface area contributed by atoms with Gasteiger partial charge in [0.05, 0.1) is 18.2 Å². The van der Waals surface area contributed by atoms with Gasteiger partial charge in [0, 0.05) is 12.4 Å². The Morgan fingerprint density at radius 2 is 1.67 bits per heavy atom. The SMILES string of the molecule is COc1ccc(COc2ccc(-c3ncc(C#CC(C)(C)O)cn3)c(F)c2F)cc1. The lowest BCUT2D eigenvalue weighted by molar-refractivity contribution is 0.143. The van der Waals surface area contributed by atoms with Crippen LogP contribution in [0.5, 0.6) is 11.5 Å². The molecule has 0 radical (unpaired) electrons. The van der Waals surface area contributed by atoms with Crippen LogP contribution in [0.2, 0.25) is 0 Å². The Hall–Kier alpha value is -3.50. The molecule has 0 bridgehead atoms. The minimum Gasteiger partial charge on any atom is -0.497 e. The summed E-state index contributed by atoms with van der Waals surface area (Å²) in [5, 5.41) is 9.62. The van der Waals surface area contributed by atoms with E-state index >= 15 is 0 Å². The third kappa shape index (κ3) is 5.31. The molecule has 5 nitrogen and oxygen atoms in total. The molecule has 0 aliphatic carbocycles. The third-order valence-corrected chi connectivity index (χ3v) is 4.01. The molecular formula is C23H20F2N2O3. The molecule has 30 heavy (non-hydrogen) atoms. The highest BCUT2D eigenvalue weighted by Gasteiger charge is 2.17. The van der Waals surface area contributed by atoms with Crippen LogP contribution in [0.4, 0.5) is 8.78 Å². The average Bonchev–Trinajstić information content (AvgIpc) is 2.74. The maximum Gasteiger partial charge on any atom is 0.201 e. The van der Waals surface area contributed by atoms with E-state index in [1.807, 2.05) is 0 Å². The number of methoxy groups -OCH3 is 1. The van der Waals surface area contributed by atoms with Gasteiger partial charge in [-0.1, -0.05) is 24.0 Å². The van der Waals surface area contributed by atoms with Gasteiger partial charge in [0.15, 0.2) is 17.4 Å². The minimum absolute atomic E-state index is 0.0157. The van der Waals surface area contributed by atoms with E-state index in [9.17, 15) is 13.9 Å². The zero-order valence-electron chi connectivity index (χ0n) is 16.7. The lowest BCUT2D eigenvalue weighted by Gasteiger charge is -2.10. The van der Waals surface area contributed by atoms with Gasteiger partial charge in [-0.3, -0.25) is 0 Å². The van der Waals surface area contributed by atoms with E-state index < -0.39 is 17.2 Å². The van der Waals surface area contributed by atoms with E-state index in [-0.39, 0.29) is 23.7 Å². The van der Waals surface area contributed by atoms with Crippen molar-refractivity contribution in [3.63, 3.8) is 0 Å². The maximum absolute atomic E-state index is 14.6. The summed E-state index contributed by atoms with van der Waals surface area (Å²) in [6, 6.07) is 9.76. The van der Waals surface area contributed by atoms with Gasteiger partial charge < -0.3 is 14.6 Å². The number of aromatic nitrogens is 2. The van der Waals surface area contributed by atoms with Gasteiger partial charge in [0.25, 0.3) is 0 Å². The maximum atomic E-state index is 14.6. The molecule has 1 aromatic heterocycles. The highest BCUT2D eigenvalue weighted by molar-refractivity contribution is 5.58. The number of hydrogen-bond donors (Lipinski definition) is 1. The molecular weight excluding hydrogens is 390 g/mol. The van der Waals surface area contributed by atoms with Gasteiger partial charge in [-0.2, -0.15) is 4.39 Å². The van der Waals surface area contributed by atoms with Crippen molar-refractivity contribution >= 4 is 0 Å². The van der Waals surface area contributed by atoms with Gasteiger partial charge in [-0.15, -0.1) is 0 Å². The topological polar surface area (TPSA) is 64.5 Å². The van der Waals surface area contributed by atoms with Crippen molar-refractivity contribution in [2.45, 2.75) is 26.1 Å². The minimum atomic E-state index is -1.16. The van der Waals surface area contributed by atoms with E-state index in [4.69, 9.17) is 9.47 Å². The molecule has 154 valence electrons. The van der Waals surface area contributed by atoms with Crippen molar-refractivity contribution in [3.05, 3.63) is 71.6 Å². The highest BCUT2D eigenvalue weighted by Crippen LogP contribution is 2.28. The van der Waals surface area contributed by atoms with Crippen molar-refractivity contribution in [1.29, 1.82) is 0 Å². The second-order valence-electron chi connectivity index (χ2n) is 6.98. The first-order valence-electron chi connectivity index (χ1n) is 9.08. The fraction of sp³-hybridized carbons (Fsp3) is 0.217. The van der Waals surface area contributed by atoms with Gasteiger partial charge in [-0.05, 0) is 43.7 Å². The van der Waals surface area contributed by atoms with Crippen molar-refractivity contribution in [3.8, 4) is 34.7 Å². The lowest BCUT2D eigenvalue weighted by atomic mass is 10.1. The number of ether oxygens (including phenoxy) is 2. The zero-order chi connectivity index (χ0) is 21.7. The normalized spacial score (nSPS) is 10.9. The number of rotatable bonds is 5. The standard InChI is InChI=1S/C23H20F2N2O3/c1-23(2,28)11-10-16-12-26-22(27-13-16)18-8-9-19(21(25)20(18)24)30-14-15-4-6-17(29-3)7-5-15/h4-9,12-13,28H,14H2,1-3H3. The first-order chi connectivity index (χ1) is 14.3. The molecule has 3 aromatic rings. The quantitative estimate of drug-likeness (QED) is 0.641. The average molecular weight is 410 g/mol. The second kappa shape index (κ2) is 8.89. The van der Waals surface area contributed by atoms with Crippen LogP contribution in [0.1, 0.15) is 25.0 Å². The Bertz CT molecular complexity index is 1080. The first-order valence-corrected chi connectivity index (χ1v) is 9.08. The fourth-order valence-electron chi connectivity index (χ4n) is 2.46. The molecule has 0 aliphatic heterocycles. The summed E-state index contributed by atoms with van der Waals surface area (Å²) >= 11 is 0. The summed E-state index contributed by atoms with van der Waals surface area (Å²) in [5.41, 5.74) is -0.0199.